The molecule has 0 aromatic carbocycles. The quantitative estimate of drug-likeness (QED) is 0.550. The van der Waals surface area contributed by atoms with E-state index in [4.69, 9.17) is 4.74 Å². The summed E-state index contributed by atoms with van der Waals surface area (Å²) < 4.78 is 5.32. The van der Waals surface area contributed by atoms with Crippen molar-refractivity contribution in [1.82, 2.24) is 0 Å². The van der Waals surface area contributed by atoms with Crippen molar-refractivity contribution >= 4 is 0 Å². The molecule has 2 unspecified atom stereocenters. The van der Waals surface area contributed by atoms with Gasteiger partial charge in [-0.1, -0.05) is 13.8 Å². The van der Waals surface area contributed by atoms with Gasteiger partial charge in [0, 0.05) is 6.61 Å². The number of ether oxygens (including phenoxy) is 1. The summed E-state index contributed by atoms with van der Waals surface area (Å²) in [6, 6.07) is 0. The minimum absolute atomic E-state index is 0.0196. The summed E-state index contributed by atoms with van der Waals surface area (Å²) in [6.45, 7) is 6.90. The van der Waals surface area contributed by atoms with Crippen molar-refractivity contribution in [2.75, 3.05) is 6.61 Å². The second-order valence-electron chi connectivity index (χ2n) is 3.37. The van der Waals surface area contributed by atoms with Gasteiger partial charge in [0.25, 0.3) is 0 Å². The molecule has 1 aliphatic rings. The van der Waals surface area contributed by atoms with E-state index in [1.165, 1.54) is 0 Å². The molecule has 0 amide bonds. The Hall–Kier alpha value is -0.0800. The summed E-state index contributed by atoms with van der Waals surface area (Å²) in [5, 5.41) is 9.49. The first-order chi connectivity index (χ1) is 4.63. The summed E-state index contributed by atoms with van der Waals surface area (Å²) in [4.78, 5) is 0. The average molecular weight is 144 g/mol. The molecular weight excluding hydrogens is 128 g/mol. The lowest BCUT2D eigenvalue weighted by molar-refractivity contribution is -0.116. The lowest BCUT2D eigenvalue weighted by atomic mass is 9.86. The van der Waals surface area contributed by atoms with Crippen LogP contribution in [0.15, 0.2) is 0 Å². The van der Waals surface area contributed by atoms with E-state index in [1.807, 2.05) is 6.92 Å². The monoisotopic (exact) mass is 144 g/mol. The van der Waals surface area contributed by atoms with Crippen molar-refractivity contribution in [3.8, 4) is 0 Å². The number of rotatable bonds is 0. The van der Waals surface area contributed by atoms with Crippen molar-refractivity contribution < 1.29 is 9.84 Å². The molecule has 0 spiro atoms. The fourth-order valence-corrected chi connectivity index (χ4v) is 1.32. The first kappa shape index (κ1) is 8.02. The maximum Gasteiger partial charge on any atom is 0.0827 e. The smallest absolute Gasteiger partial charge is 0.0827 e. The van der Waals surface area contributed by atoms with Crippen LogP contribution < -0.4 is 0 Å². The van der Waals surface area contributed by atoms with Gasteiger partial charge in [-0.2, -0.15) is 0 Å². The molecule has 0 aromatic heterocycles. The largest absolute Gasteiger partial charge is 0.390 e. The van der Waals surface area contributed by atoms with Gasteiger partial charge in [-0.05, 0) is 18.8 Å². The molecule has 0 bridgehead atoms. The second-order valence-corrected chi connectivity index (χ2v) is 3.37. The van der Waals surface area contributed by atoms with Gasteiger partial charge < -0.3 is 9.84 Å². The van der Waals surface area contributed by atoms with E-state index in [2.05, 4.69) is 13.8 Å². The predicted octanol–water partition coefficient (Wildman–Crippen LogP) is 1.04. The van der Waals surface area contributed by atoms with Gasteiger partial charge in [0.05, 0.1) is 12.2 Å². The van der Waals surface area contributed by atoms with Crippen LogP contribution in [0.25, 0.3) is 0 Å². The maximum absolute atomic E-state index is 9.49. The third-order valence-electron chi connectivity index (χ3n) is 2.54. The van der Waals surface area contributed by atoms with E-state index < -0.39 is 0 Å². The Balaban J connectivity index is 2.52. The topological polar surface area (TPSA) is 29.5 Å². The normalized spacial score (nSPS) is 49.2. The van der Waals surface area contributed by atoms with E-state index in [-0.39, 0.29) is 12.2 Å². The number of hydrogen-bond donors (Lipinski definition) is 1. The van der Waals surface area contributed by atoms with Gasteiger partial charge in [-0.3, -0.25) is 0 Å². The van der Waals surface area contributed by atoms with Gasteiger partial charge >= 0.3 is 0 Å². The summed E-state index contributed by atoms with van der Waals surface area (Å²) in [5.41, 5.74) is 0. The molecule has 0 radical (unpaired) electrons. The molecule has 2 nitrogen and oxygen atoms in total. The Morgan fingerprint density at radius 2 is 1.90 bits per heavy atom. The maximum atomic E-state index is 9.49. The lowest BCUT2D eigenvalue weighted by Gasteiger charge is -2.35. The highest BCUT2D eigenvalue weighted by Crippen LogP contribution is 2.24. The third kappa shape index (κ3) is 1.32. The fraction of sp³-hybridized carbons (Fsp3) is 1.00. The molecule has 1 heterocycles. The number of hydrogen-bond acceptors (Lipinski definition) is 2. The van der Waals surface area contributed by atoms with Crippen molar-refractivity contribution in [2.24, 2.45) is 11.8 Å². The Morgan fingerprint density at radius 1 is 1.30 bits per heavy atom. The van der Waals surface area contributed by atoms with E-state index >= 15 is 0 Å². The molecule has 0 aliphatic carbocycles. The SMILES string of the molecule is CC1OCC(C)[C@H](C)[C@@H]1O. The summed E-state index contributed by atoms with van der Waals surface area (Å²) in [5.74, 6) is 0.870. The highest BCUT2D eigenvalue weighted by molar-refractivity contribution is 4.79. The minimum atomic E-state index is -0.274. The Kier molecular flexibility index (Phi) is 2.32. The Morgan fingerprint density at radius 3 is 2.40 bits per heavy atom. The lowest BCUT2D eigenvalue weighted by Crippen LogP contribution is -2.42. The molecule has 10 heavy (non-hydrogen) atoms. The molecule has 60 valence electrons. The summed E-state index contributed by atoms with van der Waals surface area (Å²) in [6.07, 6.45) is -0.255. The van der Waals surface area contributed by atoms with Gasteiger partial charge in [0.2, 0.25) is 0 Å². The second kappa shape index (κ2) is 2.89. The highest BCUT2D eigenvalue weighted by atomic mass is 16.5. The standard InChI is InChI=1S/C8H16O2/c1-5-4-10-7(3)8(9)6(5)2/h5-9H,4H2,1-3H3/t5?,6-,7?,8-/m0/s1. The molecule has 2 heteroatoms. The van der Waals surface area contributed by atoms with Crippen LogP contribution in [0.3, 0.4) is 0 Å². The van der Waals surface area contributed by atoms with Gasteiger partial charge in [-0.15, -0.1) is 0 Å². The zero-order valence-corrected chi connectivity index (χ0v) is 6.87. The van der Waals surface area contributed by atoms with Crippen molar-refractivity contribution in [2.45, 2.75) is 33.0 Å². The summed E-state index contributed by atoms with van der Waals surface area (Å²) >= 11 is 0. The van der Waals surface area contributed by atoms with Crippen LogP contribution in [-0.2, 0) is 4.74 Å². The van der Waals surface area contributed by atoms with Crippen LogP contribution in [0.4, 0.5) is 0 Å². The molecule has 0 saturated carbocycles. The molecule has 1 fully saturated rings. The fourth-order valence-electron chi connectivity index (χ4n) is 1.32. The molecule has 4 atom stereocenters. The van der Waals surface area contributed by atoms with E-state index in [1.54, 1.807) is 0 Å². The van der Waals surface area contributed by atoms with Crippen LogP contribution in [-0.4, -0.2) is 23.9 Å². The first-order valence-electron chi connectivity index (χ1n) is 3.92. The first-order valence-corrected chi connectivity index (χ1v) is 3.92. The van der Waals surface area contributed by atoms with Crippen LogP contribution >= 0.6 is 0 Å². The van der Waals surface area contributed by atoms with Crippen molar-refractivity contribution in [3.05, 3.63) is 0 Å². The number of aliphatic hydroxyl groups is 1. The number of aliphatic hydroxyl groups excluding tert-OH is 1. The van der Waals surface area contributed by atoms with Crippen molar-refractivity contribution in [1.29, 1.82) is 0 Å². The Labute approximate surface area is 62.2 Å². The molecule has 1 aliphatic heterocycles. The highest BCUT2D eigenvalue weighted by Gasteiger charge is 2.31. The van der Waals surface area contributed by atoms with Crippen LogP contribution in [0.2, 0.25) is 0 Å². The van der Waals surface area contributed by atoms with Crippen LogP contribution in [0.5, 0.6) is 0 Å². The van der Waals surface area contributed by atoms with Crippen LogP contribution in [0, 0.1) is 11.8 Å². The predicted molar refractivity (Wildman–Crippen MR) is 39.7 cm³/mol. The van der Waals surface area contributed by atoms with Crippen LogP contribution in [0.1, 0.15) is 20.8 Å². The zero-order chi connectivity index (χ0) is 7.72. The summed E-state index contributed by atoms with van der Waals surface area (Å²) in [7, 11) is 0. The van der Waals surface area contributed by atoms with Gasteiger partial charge in [0.1, 0.15) is 0 Å². The molecular formula is C8H16O2. The molecule has 1 rings (SSSR count). The molecule has 1 saturated heterocycles. The minimum Gasteiger partial charge on any atom is -0.390 e. The zero-order valence-electron chi connectivity index (χ0n) is 6.87. The third-order valence-corrected chi connectivity index (χ3v) is 2.54. The van der Waals surface area contributed by atoms with Crippen molar-refractivity contribution in [3.63, 3.8) is 0 Å². The molecule has 1 N–H and O–H groups in total. The van der Waals surface area contributed by atoms with E-state index in [0.717, 1.165) is 6.61 Å². The van der Waals surface area contributed by atoms with Gasteiger partial charge in [0.15, 0.2) is 0 Å². The van der Waals surface area contributed by atoms with Gasteiger partial charge in [-0.25, -0.2) is 0 Å². The Bertz CT molecular complexity index is 99.8. The molecule has 0 aromatic rings. The van der Waals surface area contributed by atoms with E-state index in [9.17, 15) is 5.11 Å². The average Bonchev–Trinajstić information content (AvgIpc) is 1.93. The van der Waals surface area contributed by atoms with E-state index in [0.29, 0.717) is 11.8 Å².